The van der Waals surface area contributed by atoms with Crippen LogP contribution in [0.2, 0.25) is 0 Å². The first-order chi connectivity index (χ1) is 2.41. The fourth-order valence-electron chi connectivity index (χ4n) is 0.0722. The highest BCUT2D eigenvalue weighted by atomic mass is 16.2. The maximum Gasteiger partial charge on any atom is 0.0835 e. The van der Waals surface area contributed by atoms with Crippen molar-refractivity contribution in [2.24, 2.45) is 0 Å². The fourth-order valence-corrected chi connectivity index (χ4v) is 0.0722. The molecule has 0 aliphatic carbocycles. The van der Waals surface area contributed by atoms with Crippen molar-refractivity contribution in [2.75, 3.05) is 13.2 Å². The van der Waals surface area contributed by atoms with Crippen LogP contribution in [0.25, 0.3) is 0 Å². The smallest absolute Gasteiger partial charge is 0.0835 e. The molecule has 1 N–H and O–H groups in total. The van der Waals surface area contributed by atoms with Gasteiger partial charge >= 0.3 is 0 Å². The van der Waals surface area contributed by atoms with Gasteiger partial charge in [-0.25, -0.2) is 5.11 Å². The van der Waals surface area contributed by atoms with Crippen LogP contribution in [0.3, 0.4) is 0 Å². The first-order valence-corrected chi connectivity index (χ1v) is 1.64. The summed E-state index contributed by atoms with van der Waals surface area (Å²) in [7, 11) is 0. The molecule has 0 fully saturated rings. The second-order valence-electron chi connectivity index (χ2n) is 0.808. The molecule has 5 heavy (non-hydrogen) atoms. The maximum absolute atomic E-state index is 9.41. The molecular formula is C3H7NO. The lowest BCUT2D eigenvalue weighted by atomic mass is 10.5. The first kappa shape index (κ1) is 4.92. The van der Waals surface area contributed by atoms with E-state index in [1.54, 1.807) is 0 Å². The van der Waals surface area contributed by atoms with Crippen LogP contribution in [0.15, 0.2) is 0 Å². The van der Waals surface area contributed by atoms with E-state index in [-0.39, 0.29) is 13.2 Å². The summed E-state index contributed by atoms with van der Waals surface area (Å²) in [4.78, 5) is 0. The van der Waals surface area contributed by atoms with Crippen LogP contribution in [0, 0.1) is 0 Å². The Labute approximate surface area is 31.6 Å². The molecule has 0 saturated carbocycles. The number of nitrogens with one attached hydrogen (secondary N) is 1. The zero-order valence-electron chi connectivity index (χ0n) is 3.03. The SMILES string of the molecule is [NH]CCC[O]. The number of hydrogen-bond donors (Lipinski definition) is 0. The maximum atomic E-state index is 9.41. The molecule has 0 aliphatic heterocycles. The molecule has 2 nitrogen and oxygen atoms in total. The van der Waals surface area contributed by atoms with Crippen molar-refractivity contribution in [1.82, 2.24) is 5.73 Å². The molecule has 0 aromatic carbocycles. The Bertz CT molecular complexity index is 14.4. The van der Waals surface area contributed by atoms with Gasteiger partial charge in [0.1, 0.15) is 0 Å². The summed E-state index contributed by atoms with van der Waals surface area (Å²) in [5.74, 6) is 0. The molecule has 0 aliphatic rings. The predicted octanol–water partition coefficient (Wildman–Crippen LogP) is 0.0899. The van der Waals surface area contributed by atoms with Crippen LogP contribution < -0.4 is 5.73 Å². The minimum Gasteiger partial charge on any atom is -0.258 e. The quantitative estimate of drug-likeness (QED) is 0.444. The van der Waals surface area contributed by atoms with Crippen molar-refractivity contribution < 1.29 is 5.11 Å². The van der Waals surface area contributed by atoms with Crippen molar-refractivity contribution in [1.29, 1.82) is 0 Å². The second-order valence-corrected chi connectivity index (χ2v) is 0.808. The Morgan fingerprint density at radius 1 is 1.60 bits per heavy atom. The minimum atomic E-state index is -0.0938. The lowest BCUT2D eigenvalue weighted by Gasteiger charge is -1.76. The Morgan fingerprint density at radius 3 is 2.20 bits per heavy atom. The van der Waals surface area contributed by atoms with E-state index in [9.17, 15) is 5.11 Å². The zero-order valence-corrected chi connectivity index (χ0v) is 3.03. The van der Waals surface area contributed by atoms with E-state index >= 15 is 0 Å². The Morgan fingerprint density at radius 2 is 2.20 bits per heavy atom. The fraction of sp³-hybridized carbons (Fsp3) is 1.00. The van der Waals surface area contributed by atoms with Gasteiger partial charge in [0.25, 0.3) is 0 Å². The van der Waals surface area contributed by atoms with Gasteiger partial charge in [0, 0.05) is 6.54 Å². The molecule has 0 aromatic rings. The molecule has 0 atom stereocenters. The van der Waals surface area contributed by atoms with Gasteiger partial charge in [-0.2, -0.15) is 0 Å². The predicted molar refractivity (Wildman–Crippen MR) is 18.1 cm³/mol. The van der Waals surface area contributed by atoms with Crippen molar-refractivity contribution >= 4 is 0 Å². The van der Waals surface area contributed by atoms with Gasteiger partial charge in [0.2, 0.25) is 0 Å². The van der Waals surface area contributed by atoms with Crippen molar-refractivity contribution in [3.8, 4) is 0 Å². The van der Waals surface area contributed by atoms with E-state index in [4.69, 9.17) is 5.73 Å². The third-order valence-corrected chi connectivity index (χ3v) is 0.321. The van der Waals surface area contributed by atoms with E-state index in [0.717, 1.165) is 0 Å². The lowest BCUT2D eigenvalue weighted by Crippen LogP contribution is -1.86. The first-order valence-electron chi connectivity index (χ1n) is 1.64. The average molecular weight is 73.1 g/mol. The molecule has 0 heterocycles. The Balaban J connectivity index is 2.19. The summed E-state index contributed by atoms with van der Waals surface area (Å²) in [6, 6.07) is 0. The van der Waals surface area contributed by atoms with Crippen LogP contribution in [-0.4, -0.2) is 13.2 Å². The highest BCUT2D eigenvalue weighted by Gasteiger charge is 1.72. The molecule has 0 saturated heterocycles. The Hall–Kier alpha value is -0.0800. The second kappa shape index (κ2) is 3.92. The van der Waals surface area contributed by atoms with E-state index < -0.39 is 0 Å². The molecule has 2 heteroatoms. The number of hydrogen-bond acceptors (Lipinski definition) is 0. The highest BCUT2D eigenvalue weighted by molar-refractivity contribution is 4.27. The minimum absolute atomic E-state index is 0.0938. The van der Waals surface area contributed by atoms with E-state index in [0.29, 0.717) is 6.42 Å². The summed E-state index contributed by atoms with van der Waals surface area (Å²) in [5, 5.41) is 9.41. The van der Waals surface area contributed by atoms with Gasteiger partial charge in [-0.15, -0.1) is 0 Å². The molecule has 0 bridgehead atoms. The standard InChI is InChI=1S/C3H7NO/c4-2-1-3-5/h4H,1-3H2. The summed E-state index contributed by atoms with van der Waals surface area (Å²) in [6.07, 6.45) is 0.500. The van der Waals surface area contributed by atoms with Gasteiger partial charge in [-0.3, -0.25) is 5.73 Å². The highest BCUT2D eigenvalue weighted by Crippen LogP contribution is 1.65. The third kappa shape index (κ3) is 3.92. The van der Waals surface area contributed by atoms with Crippen LogP contribution in [0.1, 0.15) is 6.42 Å². The van der Waals surface area contributed by atoms with Gasteiger partial charge in [0.15, 0.2) is 0 Å². The van der Waals surface area contributed by atoms with E-state index in [2.05, 4.69) is 0 Å². The van der Waals surface area contributed by atoms with Crippen molar-refractivity contribution in [3.05, 3.63) is 0 Å². The molecule has 0 aromatic heterocycles. The average Bonchev–Trinajstić information content (AvgIpc) is 1.41. The van der Waals surface area contributed by atoms with E-state index in [1.807, 2.05) is 0 Å². The molecule has 0 spiro atoms. The van der Waals surface area contributed by atoms with Crippen LogP contribution >= 0.6 is 0 Å². The van der Waals surface area contributed by atoms with Crippen LogP contribution in [0.5, 0.6) is 0 Å². The van der Waals surface area contributed by atoms with Crippen LogP contribution in [0.4, 0.5) is 0 Å². The number of rotatable bonds is 2. The van der Waals surface area contributed by atoms with Gasteiger partial charge < -0.3 is 0 Å². The van der Waals surface area contributed by atoms with Gasteiger partial charge in [0.05, 0.1) is 6.61 Å². The molecular weight excluding hydrogens is 66.0 g/mol. The lowest BCUT2D eigenvalue weighted by molar-refractivity contribution is 0.191. The van der Waals surface area contributed by atoms with Gasteiger partial charge in [-0.1, -0.05) is 0 Å². The van der Waals surface area contributed by atoms with Crippen molar-refractivity contribution in [2.45, 2.75) is 6.42 Å². The molecule has 2 radical (unpaired) electrons. The molecule has 0 rings (SSSR count). The molecule has 0 amide bonds. The summed E-state index contributed by atoms with van der Waals surface area (Å²) < 4.78 is 0. The van der Waals surface area contributed by atoms with Crippen molar-refractivity contribution in [3.63, 3.8) is 0 Å². The summed E-state index contributed by atoms with van der Waals surface area (Å²) >= 11 is 0. The molecule has 30 valence electrons. The normalized spacial score (nSPS) is 8.40. The topological polar surface area (TPSA) is 43.7 Å². The Kier molecular flexibility index (Phi) is 3.86. The monoisotopic (exact) mass is 73.1 g/mol. The zero-order chi connectivity index (χ0) is 4.12. The molecule has 0 unspecified atom stereocenters. The van der Waals surface area contributed by atoms with Gasteiger partial charge in [-0.05, 0) is 6.42 Å². The largest absolute Gasteiger partial charge is 0.258 e. The van der Waals surface area contributed by atoms with E-state index in [1.165, 1.54) is 0 Å². The summed E-state index contributed by atoms with van der Waals surface area (Å²) in [6.45, 7) is 0.188. The summed E-state index contributed by atoms with van der Waals surface area (Å²) in [5.41, 5.74) is 6.40. The van der Waals surface area contributed by atoms with Crippen LogP contribution in [-0.2, 0) is 5.11 Å². The third-order valence-electron chi connectivity index (χ3n) is 0.321.